The zero-order valence-corrected chi connectivity index (χ0v) is 14.2. The maximum Gasteiger partial charge on any atom is 0.250 e. The number of pyridine rings is 1. The number of nitrogens with zero attached hydrogens (tertiary/aromatic N) is 3. The zero-order chi connectivity index (χ0) is 17.2. The Hall–Kier alpha value is -2.11. The van der Waals surface area contributed by atoms with E-state index < -0.39 is 5.41 Å². The Morgan fingerprint density at radius 2 is 2.04 bits per heavy atom. The lowest BCUT2D eigenvalue weighted by Crippen LogP contribution is -2.50. The first-order valence-corrected chi connectivity index (χ1v) is 8.78. The highest BCUT2D eigenvalue weighted by molar-refractivity contribution is 5.86. The molecule has 6 heteroatoms. The Bertz CT molecular complexity index is 682. The molecule has 2 saturated heterocycles. The van der Waals surface area contributed by atoms with Gasteiger partial charge in [0.15, 0.2) is 0 Å². The van der Waals surface area contributed by atoms with Crippen molar-refractivity contribution in [3.05, 3.63) is 34.7 Å². The van der Waals surface area contributed by atoms with Crippen molar-refractivity contribution >= 4 is 11.8 Å². The Morgan fingerprint density at radius 1 is 1.21 bits per heavy atom. The third-order valence-corrected chi connectivity index (χ3v) is 5.23. The largest absolute Gasteiger partial charge is 0.342 e. The van der Waals surface area contributed by atoms with Crippen molar-refractivity contribution in [1.29, 1.82) is 0 Å². The summed E-state index contributed by atoms with van der Waals surface area (Å²) in [7, 11) is 0. The van der Waals surface area contributed by atoms with E-state index >= 15 is 0 Å². The topological polar surface area (TPSA) is 62.6 Å². The molecule has 1 atom stereocenters. The van der Waals surface area contributed by atoms with E-state index in [1.54, 1.807) is 23.2 Å². The first kappa shape index (κ1) is 16.7. The minimum atomic E-state index is -0.398. The van der Waals surface area contributed by atoms with Crippen LogP contribution in [0, 0.1) is 5.41 Å². The van der Waals surface area contributed by atoms with Gasteiger partial charge >= 0.3 is 0 Å². The van der Waals surface area contributed by atoms with Gasteiger partial charge in [0.2, 0.25) is 11.8 Å². The third-order valence-electron chi connectivity index (χ3n) is 5.23. The Kier molecular flexibility index (Phi) is 4.73. The molecule has 6 nitrogen and oxygen atoms in total. The smallest absolute Gasteiger partial charge is 0.250 e. The summed E-state index contributed by atoms with van der Waals surface area (Å²) < 4.78 is 1.42. The van der Waals surface area contributed by atoms with Gasteiger partial charge in [0.05, 0.1) is 5.41 Å². The van der Waals surface area contributed by atoms with Gasteiger partial charge in [-0.1, -0.05) is 13.0 Å². The molecule has 0 bridgehead atoms. The highest BCUT2D eigenvalue weighted by Gasteiger charge is 2.49. The van der Waals surface area contributed by atoms with E-state index in [0.29, 0.717) is 13.1 Å². The van der Waals surface area contributed by atoms with Crippen LogP contribution in [0.1, 0.15) is 32.6 Å². The van der Waals surface area contributed by atoms with E-state index in [9.17, 15) is 14.4 Å². The molecular formula is C18H25N3O3. The molecule has 0 aromatic carbocycles. The molecule has 3 heterocycles. The number of carbonyl (C=O) groups is 2. The molecule has 2 aliphatic rings. The van der Waals surface area contributed by atoms with E-state index in [2.05, 4.69) is 6.92 Å². The summed E-state index contributed by atoms with van der Waals surface area (Å²) in [5, 5.41) is 0. The Balaban J connectivity index is 1.68. The number of hydrogen-bond acceptors (Lipinski definition) is 3. The molecular weight excluding hydrogens is 306 g/mol. The number of rotatable bonds is 4. The number of piperidine rings is 1. The molecule has 0 aliphatic carbocycles. The van der Waals surface area contributed by atoms with Gasteiger partial charge in [0.1, 0.15) is 6.54 Å². The van der Waals surface area contributed by atoms with Crippen LogP contribution in [0.25, 0.3) is 0 Å². The summed E-state index contributed by atoms with van der Waals surface area (Å²) in [4.78, 5) is 40.9. The minimum absolute atomic E-state index is 0.0443. The third kappa shape index (κ3) is 3.09. The highest BCUT2D eigenvalue weighted by Crippen LogP contribution is 2.40. The number of aromatic nitrogens is 1. The van der Waals surface area contributed by atoms with Gasteiger partial charge in [-0.2, -0.15) is 0 Å². The molecule has 2 amide bonds. The van der Waals surface area contributed by atoms with Gasteiger partial charge in [-0.15, -0.1) is 0 Å². The molecule has 1 aromatic heterocycles. The quantitative estimate of drug-likeness (QED) is 0.830. The molecule has 0 saturated carbocycles. The second-order valence-electron chi connectivity index (χ2n) is 6.91. The maximum atomic E-state index is 12.9. The monoisotopic (exact) mass is 331 g/mol. The van der Waals surface area contributed by atoms with Crippen LogP contribution in [-0.4, -0.2) is 52.4 Å². The fraction of sp³-hybridized carbons (Fsp3) is 0.611. The van der Waals surface area contributed by atoms with Gasteiger partial charge in [-0.05, 0) is 31.7 Å². The molecule has 0 N–H and O–H groups in total. The van der Waals surface area contributed by atoms with Crippen LogP contribution < -0.4 is 5.56 Å². The summed E-state index contributed by atoms with van der Waals surface area (Å²) in [6, 6.07) is 4.86. The first-order chi connectivity index (χ1) is 11.6. The summed E-state index contributed by atoms with van der Waals surface area (Å²) in [6.07, 6.45) is 5.19. The highest BCUT2D eigenvalue weighted by atomic mass is 16.2. The number of likely N-dealkylation sites (tertiary alicyclic amines) is 2. The number of carbonyl (C=O) groups excluding carboxylic acids is 2. The van der Waals surface area contributed by atoms with Crippen molar-refractivity contribution in [2.24, 2.45) is 5.41 Å². The number of hydrogen-bond donors (Lipinski definition) is 0. The van der Waals surface area contributed by atoms with Crippen molar-refractivity contribution in [2.45, 2.75) is 39.2 Å². The standard InChI is InChI=1S/C18H25N3O3/c1-2-9-19-11-5-7-18(17(19)24)8-12-21(14-18)16(23)13-20-10-4-3-6-15(20)22/h3-4,6,10H,2,5,7-9,11-14H2,1H3/t18-/m0/s1. The summed E-state index contributed by atoms with van der Waals surface area (Å²) in [6.45, 7) is 4.85. The first-order valence-electron chi connectivity index (χ1n) is 8.78. The molecule has 130 valence electrons. The molecule has 24 heavy (non-hydrogen) atoms. The van der Waals surface area contributed by atoms with Crippen LogP contribution in [0.5, 0.6) is 0 Å². The van der Waals surface area contributed by atoms with Crippen molar-refractivity contribution in [1.82, 2.24) is 14.4 Å². The van der Waals surface area contributed by atoms with E-state index in [1.807, 2.05) is 4.90 Å². The van der Waals surface area contributed by atoms with Crippen LogP contribution in [0.2, 0.25) is 0 Å². The van der Waals surface area contributed by atoms with Crippen LogP contribution in [0.4, 0.5) is 0 Å². The summed E-state index contributed by atoms with van der Waals surface area (Å²) in [5.41, 5.74) is -0.576. The normalized spacial score (nSPS) is 24.0. The Morgan fingerprint density at radius 3 is 2.79 bits per heavy atom. The van der Waals surface area contributed by atoms with Crippen molar-refractivity contribution < 1.29 is 9.59 Å². The fourth-order valence-corrected chi connectivity index (χ4v) is 3.94. The van der Waals surface area contributed by atoms with E-state index in [-0.39, 0.29) is 23.9 Å². The van der Waals surface area contributed by atoms with Crippen LogP contribution >= 0.6 is 0 Å². The Labute approximate surface area is 142 Å². The molecule has 3 rings (SSSR count). The predicted octanol–water partition coefficient (Wildman–Crippen LogP) is 1.10. The summed E-state index contributed by atoms with van der Waals surface area (Å²) >= 11 is 0. The van der Waals surface area contributed by atoms with Crippen molar-refractivity contribution in [2.75, 3.05) is 26.2 Å². The second-order valence-corrected chi connectivity index (χ2v) is 6.91. The van der Waals surface area contributed by atoms with E-state index in [4.69, 9.17) is 0 Å². The van der Waals surface area contributed by atoms with Crippen molar-refractivity contribution in [3.8, 4) is 0 Å². The van der Waals surface area contributed by atoms with E-state index in [1.165, 1.54) is 10.6 Å². The average Bonchev–Trinajstić information content (AvgIpc) is 3.00. The van der Waals surface area contributed by atoms with Crippen LogP contribution in [-0.2, 0) is 16.1 Å². The van der Waals surface area contributed by atoms with Crippen molar-refractivity contribution in [3.63, 3.8) is 0 Å². The molecule has 0 unspecified atom stereocenters. The number of amides is 2. The maximum absolute atomic E-state index is 12.9. The molecule has 1 aromatic rings. The lowest BCUT2D eigenvalue weighted by Gasteiger charge is -2.39. The fourth-order valence-electron chi connectivity index (χ4n) is 3.94. The minimum Gasteiger partial charge on any atom is -0.342 e. The molecule has 2 fully saturated rings. The second kappa shape index (κ2) is 6.79. The lowest BCUT2D eigenvalue weighted by molar-refractivity contribution is -0.146. The molecule has 0 radical (unpaired) electrons. The SMILES string of the molecule is CCCN1CCC[C@@]2(CCN(C(=O)Cn3ccccc3=O)C2)C1=O. The predicted molar refractivity (Wildman–Crippen MR) is 90.4 cm³/mol. The lowest BCUT2D eigenvalue weighted by atomic mass is 9.78. The van der Waals surface area contributed by atoms with Crippen LogP contribution in [0.15, 0.2) is 29.2 Å². The average molecular weight is 331 g/mol. The summed E-state index contributed by atoms with van der Waals surface area (Å²) in [5.74, 6) is 0.128. The van der Waals surface area contributed by atoms with E-state index in [0.717, 1.165) is 38.8 Å². The van der Waals surface area contributed by atoms with Gasteiger partial charge in [-0.3, -0.25) is 14.4 Å². The van der Waals surface area contributed by atoms with Gasteiger partial charge < -0.3 is 14.4 Å². The van der Waals surface area contributed by atoms with Crippen LogP contribution in [0.3, 0.4) is 0 Å². The van der Waals surface area contributed by atoms with Gasteiger partial charge in [-0.25, -0.2) is 0 Å². The van der Waals surface area contributed by atoms with Gasteiger partial charge in [0.25, 0.3) is 5.56 Å². The van der Waals surface area contributed by atoms with Gasteiger partial charge in [0, 0.05) is 38.4 Å². The molecule has 1 spiro atoms. The molecule has 2 aliphatic heterocycles. The zero-order valence-electron chi connectivity index (χ0n) is 14.2.